The van der Waals surface area contributed by atoms with Gasteiger partial charge in [0, 0.05) is 5.92 Å². The molecule has 4 heteroatoms. The van der Waals surface area contributed by atoms with Gasteiger partial charge in [0.15, 0.2) is 0 Å². The van der Waals surface area contributed by atoms with E-state index in [0.717, 1.165) is 16.7 Å². The molecule has 1 saturated carbocycles. The molecule has 0 spiro atoms. The van der Waals surface area contributed by atoms with Gasteiger partial charge >= 0.3 is 0 Å². The Hall–Kier alpha value is -2.50. The summed E-state index contributed by atoms with van der Waals surface area (Å²) in [4.78, 5) is 0. The molecule has 0 radical (unpaired) electrons. The lowest BCUT2D eigenvalue weighted by Crippen LogP contribution is -2.38. The van der Waals surface area contributed by atoms with E-state index in [1.807, 2.05) is 97.9 Å². The van der Waals surface area contributed by atoms with Crippen LogP contribution < -0.4 is 0 Å². The van der Waals surface area contributed by atoms with Crippen molar-refractivity contribution in [1.29, 1.82) is 0 Å². The van der Waals surface area contributed by atoms with Crippen LogP contribution in [0.3, 0.4) is 0 Å². The Bertz CT molecular complexity index is 845. The molecule has 4 rings (SSSR count). The van der Waals surface area contributed by atoms with Gasteiger partial charge in [0.2, 0.25) is 0 Å². The second kappa shape index (κ2) is 10.7. The maximum Gasteiger partial charge on any atom is 0.113 e. The molecule has 5 atom stereocenters. The summed E-state index contributed by atoms with van der Waals surface area (Å²) in [6.07, 6.45) is -1.75. The van der Waals surface area contributed by atoms with Crippen LogP contribution in [0.15, 0.2) is 91.0 Å². The third-order valence-corrected chi connectivity index (χ3v) is 5.90. The lowest BCUT2D eigenvalue weighted by atomic mass is 10.1. The SMILES string of the molecule is C[C@@H]1[C@@H](O)[C@H](OCc2ccccc2)[C@@H](OCc2ccccc2)[C@H]1OCc1ccccc1. The highest BCUT2D eigenvalue weighted by atomic mass is 16.6. The fourth-order valence-electron chi connectivity index (χ4n) is 4.10. The Kier molecular flexibility index (Phi) is 7.49. The highest BCUT2D eigenvalue weighted by Crippen LogP contribution is 2.35. The molecule has 0 bridgehead atoms. The summed E-state index contributed by atoms with van der Waals surface area (Å²) in [6, 6.07) is 30.1. The molecule has 162 valence electrons. The molecular weight excluding hydrogens is 388 g/mol. The smallest absolute Gasteiger partial charge is 0.113 e. The van der Waals surface area contributed by atoms with Gasteiger partial charge in [0.1, 0.15) is 12.2 Å². The van der Waals surface area contributed by atoms with Crippen molar-refractivity contribution in [1.82, 2.24) is 0 Å². The van der Waals surface area contributed by atoms with Gasteiger partial charge in [-0.2, -0.15) is 0 Å². The predicted molar refractivity (Wildman–Crippen MR) is 120 cm³/mol. The van der Waals surface area contributed by atoms with E-state index in [9.17, 15) is 5.11 Å². The summed E-state index contributed by atoms with van der Waals surface area (Å²) in [5.74, 6) is -0.106. The minimum Gasteiger partial charge on any atom is -0.390 e. The van der Waals surface area contributed by atoms with E-state index in [1.54, 1.807) is 0 Å². The van der Waals surface area contributed by atoms with Crippen molar-refractivity contribution in [2.45, 2.75) is 51.2 Å². The lowest BCUT2D eigenvalue weighted by molar-refractivity contribution is -0.134. The third kappa shape index (κ3) is 5.60. The number of rotatable bonds is 9. The van der Waals surface area contributed by atoms with Crippen molar-refractivity contribution >= 4 is 0 Å². The summed E-state index contributed by atoms with van der Waals surface area (Å²) >= 11 is 0. The van der Waals surface area contributed by atoms with Gasteiger partial charge in [0.25, 0.3) is 0 Å². The molecule has 4 nitrogen and oxygen atoms in total. The molecule has 0 aromatic heterocycles. The first kappa shape index (κ1) is 21.7. The van der Waals surface area contributed by atoms with Crippen LogP contribution in [-0.2, 0) is 34.0 Å². The first-order valence-corrected chi connectivity index (χ1v) is 10.9. The summed E-state index contributed by atoms with van der Waals surface area (Å²) < 4.78 is 18.8. The zero-order valence-corrected chi connectivity index (χ0v) is 17.8. The number of hydrogen-bond donors (Lipinski definition) is 1. The normalized spacial score (nSPS) is 25.5. The minimum atomic E-state index is -0.662. The second-order valence-corrected chi connectivity index (χ2v) is 8.13. The van der Waals surface area contributed by atoms with Crippen molar-refractivity contribution in [2.75, 3.05) is 0 Å². The van der Waals surface area contributed by atoms with Crippen molar-refractivity contribution in [2.24, 2.45) is 5.92 Å². The Labute approximate surface area is 184 Å². The van der Waals surface area contributed by atoms with Gasteiger partial charge in [-0.05, 0) is 16.7 Å². The van der Waals surface area contributed by atoms with Gasteiger partial charge in [-0.15, -0.1) is 0 Å². The van der Waals surface area contributed by atoms with Gasteiger partial charge in [-0.3, -0.25) is 0 Å². The van der Waals surface area contributed by atoms with Crippen LogP contribution in [0.25, 0.3) is 0 Å². The fourth-order valence-corrected chi connectivity index (χ4v) is 4.10. The summed E-state index contributed by atoms with van der Waals surface area (Å²) in [5.41, 5.74) is 3.25. The molecule has 1 N–H and O–H groups in total. The van der Waals surface area contributed by atoms with Crippen LogP contribution in [0.1, 0.15) is 23.6 Å². The quantitative estimate of drug-likeness (QED) is 0.545. The molecular formula is C27H30O4. The Morgan fingerprint density at radius 3 is 1.32 bits per heavy atom. The van der Waals surface area contributed by atoms with Gasteiger partial charge in [0.05, 0.1) is 32.0 Å². The van der Waals surface area contributed by atoms with Crippen molar-refractivity contribution in [3.63, 3.8) is 0 Å². The predicted octanol–water partition coefficient (Wildman–Crippen LogP) is 4.75. The molecule has 1 aliphatic carbocycles. The Balaban J connectivity index is 1.48. The average Bonchev–Trinajstić information content (AvgIpc) is 3.05. The zero-order valence-electron chi connectivity index (χ0n) is 17.8. The second-order valence-electron chi connectivity index (χ2n) is 8.13. The molecule has 0 aliphatic heterocycles. The Morgan fingerprint density at radius 1 is 0.548 bits per heavy atom. The zero-order chi connectivity index (χ0) is 21.5. The first-order valence-electron chi connectivity index (χ1n) is 10.9. The van der Waals surface area contributed by atoms with Crippen molar-refractivity contribution < 1.29 is 19.3 Å². The van der Waals surface area contributed by atoms with E-state index in [2.05, 4.69) is 0 Å². The molecule has 0 saturated heterocycles. The van der Waals surface area contributed by atoms with E-state index in [0.29, 0.717) is 19.8 Å². The maximum absolute atomic E-state index is 11.0. The standard InChI is InChI=1S/C27H30O4/c1-20-24(28)26(30-18-22-13-7-3-8-14-22)27(31-19-23-15-9-4-10-16-23)25(20)29-17-21-11-5-2-6-12-21/h2-16,20,24-28H,17-19H2,1H3/t20-,24-,25+,26+,27+/m1/s1. The van der Waals surface area contributed by atoms with Crippen LogP contribution >= 0.6 is 0 Å². The van der Waals surface area contributed by atoms with Crippen LogP contribution in [0, 0.1) is 5.92 Å². The fraction of sp³-hybridized carbons (Fsp3) is 0.333. The number of hydrogen-bond acceptors (Lipinski definition) is 4. The highest BCUT2D eigenvalue weighted by molar-refractivity contribution is 5.16. The minimum absolute atomic E-state index is 0.106. The molecule has 1 fully saturated rings. The van der Waals surface area contributed by atoms with Crippen molar-refractivity contribution in [3.8, 4) is 0 Å². The lowest BCUT2D eigenvalue weighted by Gasteiger charge is -2.26. The van der Waals surface area contributed by atoms with E-state index < -0.39 is 12.2 Å². The van der Waals surface area contributed by atoms with E-state index >= 15 is 0 Å². The van der Waals surface area contributed by atoms with Crippen LogP contribution in [0.4, 0.5) is 0 Å². The molecule has 0 amide bonds. The topological polar surface area (TPSA) is 47.9 Å². The number of ether oxygens (including phenoxy) is 3. The van der Waals surface area contributed by atoms with Crippen molar-refractivity contribution in [3.05, 3.63) is 108 Å². The largest absolute Gasteiger partial charge is 0.390 e. The van der Waals surface area contributed by atoms with Crippen LogP contribution in [-0.4, -0.2) is 29.5 Å². The van der Waals surface area contributed by atoms with Gasteiger partial charge < -0.3 is 19.3 Å². The summed E-state index contributed by atoms with van der Waals surface area (Å²) in [6.45, 7) is 3.34. The first-order chi connectivity index (χ1) is 15.2. The molecule has 3 aromatic rings. The summed E-state index contributed by atoms with van der Waals surface area (Å²) in [7, 11) is 0. The number of benzene rings is 3. The Morgan fingerprint density at radius 2 is 0.903 bits per heavy atom. The van der Waals surface area contributed by atoms with E-state index in [1.165, 1.54) is 0 Å². The number of aliphatic hydroxyl groups excluding tert-OH is 1. The molecule has 31 heavy (non-hydrogen) atoms. The average molecular weight is 419 g/mol. The third-order valence-electron chi connectivity index (χ3n) is 5.90. The highest BCUT2D eigenvalue weighted by Gasteiger charge is 2.50. The van der Waals surface area contributed by atoms with E-state index in [-0.39, 0.29) is 18.1 Å². The van der Waals surface area contributed by atoms with E-state index in [4.69, 9.17) is 14.2 Å². The molecule has 0 heterocycles. The molecule has 0 unspecified atom stereocenters. The van der Waals surface area contributed by atoms with Gasteiger partial charge in [-0.25, -0.2) is 0 Å². The van der Waals surface area contributed by atoms with Gasteiger partial charge in [-0.1, -0.05) is 97.9 Å². The monoisotopic (exact) mass is 418 g/mol. The maximum atomic E-state index is 11.0. The van der Waals surface area contributed by atoms with Crippen LogP contribution in [0.2, 0.25) is 0 Å². The van der Waals surface area contributed by atoms with Crippen LogP contribution in [0.5, 0.6) is 0 Å². The molecule has 1 aliphatic rings. The molecule has 3 aromatic carbocycles. The number of aliphatic hydroxyl groups is 1. The summed E-state index contributed by atoms with van der Waals surface area (Å²) in [5, 5.41) is 11.0.